The minimum Gasteiger partial charge on any atom is -0.380 e. The van der Waals surface area contributed by atoms with Crippen LogP contribution >= 0.6 is 11.8 Å². The predicted octanol–water partition coefficient (Wildman–Crippen LogP) is 3.06. The molecule has 140 valence electrons. The van der Waals surface area contributed by atoms with E-state index in [9.17, 15) is 8.78 Å². The van der Waals surface area contributed by atoms with Gasteiger partial charge in [0.05, 0.1) is 11.0 Å². The topological polar surface area (TPSA) is 41.5 Å². The fraction of sp³-hybridized carbons (Fsp3) is 0.444. The first kappa shape index (κ1) is 19.0. The lowest BCUT2D eigenvalue weighted by Gasteiger charge is -2.27. The van der Waals surface area contributed by atoms with Gasteiger partial charge in [-0.05, 0) is 38.7 Å². The van der Waals surface area contributed by atoms with Crippen molar-refractivity contribution < 1.29 is 13.5 Å². The maximum Gasteiger partial charge on any atom is 0.137 e. The number of nitrogens with zero attached hydrogens (tertiary/aromatic N) is 4. The molecule has 1 aromatic carbocycles. The van der Waals surface area contributed by atoms with E-state index in [1.54, 1.807) is 7.11 Å². The van der Waals surface area contributed by atoms with E-state index in [4.69, 9.17) is 4.74 Å². The van der Waals surface area contributed by atoms with Crippen LogP contribution in [0.15, 0.2) is 40.5 Å². The first-order valence-corrected chi connectivity index (χ1v) is 9.17. The largest absolute Gasteiger partial charge is 0.380 e. The molecule has 26 heavy (non-hydrogen) atoms. The fourth-order valence-corrected chi connectivity index (χ4v) is 3.96. The summed E-state index contributed by atoms with van der Waals surface area (Å²) in [7, 11) is 5.79. The minimum atomic E-state index is -0.475. The Kier molecular flexibility index (Phi) is 6.05. The van der Waals surface area contributed by atoms with E-state index >= 15 is 0 Å². The van der Waals surface area contributed by atoms with E-state index in [0.717, 1.165) is 49.2 Å². The van der Waals surface area contributed by atoms with Crippen molar-refractivity contribution in [2.75, 3.05) is 39.2 Å². The Morgan fingerprint density at radius 2 is 2.08 bits per heavy atom. The standard InChI is InChI=1S/C18H22F2N4OS/c1-23(2)9-13-7-14(25-3)10-24(13)17-8-18(22-11-21-17)26-16-6-12(19)4-5-15(16)20/h4-6,8,11,13-14H,7,9-10H2,1-3H3. The van der Waals surface area contributed by atoms with Crippen LogP contribution in [0.5, 0.6) is 0 Å². The maximum absolute atomic E-state index is 13.9. The van der Waals surface area contributed by atoms with Crippen LogP contribution in [0.3, 0.4) is 0 Å². The van der Waals surface area contributed by atoms with Gasteiger partial charge in [-0.25, -0.2) is 18.7 Å². The quantitative estimate of drug-likeness (QED) is 0.718. The van der Waals surface area contributed by atoms with Crippen LogP contribution in [0.4, 0.5) is 14.6 Å². The highest BCUT2D eigenvalue weighted by Gasteiger charge is 2.33. The van der Waals surface area contributed by atoms with Gasteiger partial charge in [0.1, 0.15) is 28.8 Å². The van der Waals surface area contributed by atoms with Gasteiger partial charge in [0.2, 0.25) is 0 Å². The molecule has 0 aliphatic carbocycles. The van der Waals surface area contributed by atoms with E-state index in [-0.39, 0.29) is 17.0 Å². The number of hydrogen-bond donors (Lipinski definition) is 0. The van der Waals surface area contributed by atoms with E-state index in [0.29, 0.717) is 5.03 Å². The summed E-state index contributed by atoms with van der Waals surface area (Å²) in [6, 6.07) is 5.49. The van der Waals surface area contributed by atoms with Gasteiger partial charge in [0.15, 0.2) is 0 Å². The molecule has 2 unspecified atom stereocenters. The molecule has 0 radical (unpaired) electrons. The predicted molar refractivity (Wildman–Crippen MR) is 97.6 cm³/mol. The molecule has 0 saturated carbocycles. The summed E-state index contributed by atoms with van der Waals surface area (Å²) in [5.74, 6) is -0.176. The van der Waals surface area contributed by atoms with Crippen LogP contribution in [0.1, 0.15) is 6.42 Å². The number of likely N-dealkylation sites (N-methyl/N-ethyl adjacent to an activating group) is 1. The molecule has 2 heterocycles. The maximum atomic E-state index is 13.9. The number of hydrogen-bond acceptors (Lipinski definition) is 6. The third-order valence-corrected chi connectivity index (χ3v) is 5.28. The molecule has 3 rings (SSSR count). The van der Waals surface area contributed by atoms with Crippen LogP contribution in [0, 0.1) is 11.6 Å². The molecule has 1 aliphatic rings. The summed E-state index contributed by atoms with van der Waals surface area (Å²) in [5.41, 5.74) is 0. The first-order chi connectivity index (χ1) is 12.5. The second kappa shape index (κ2) is 8.28. The molecule has 1 aliphatic heterocycles. The summed E-state index contributed by atoms with van der Waals surface area (Å²) in [6.45, 7) is 1.62. The molecule has 0 spiro atoms. The normalized spacial score (nSPS) is 20.2. The van der Waals surface area contributed by atoms with E-state index in [1.807, 2.05) is 20.2 Å². The third kappa shape index (κ3) is 4.49. The minimum absolute atomic E-state index is 0.145. The highest BCUT2D eigenvalue weighted by Crippen LogP contribution is 2.32. The van der Waals surface area contributed by atoms with Gasteiger partial charge < -0.3 is 14.5 Å². The number of rotatable bonds is 6. The van der Waals surface area contributed by atoms with Crippen LogP contribution in [-0.4, -0.2) is 61.3 Å². The number of halogens is 2. The Hall–Kier alpha value is -1.77. The Bertz CT molecular complexity index is 762. The summed E-state index contributed by atoms with van der Waals surface area (Å²) in [5, 5.41) is 0.573. The second-order valence-electron chi connectivity index (χ2n) is 6.55. The molecule has 1 fully saturated rings. The van der Waals surface area contributed by atoms with Gasteiger partial charge in [-0.15, -0.1) is 0 Å². The van der Waals surface area contributed by atoms with Crippen molar-refractivity contribution in [2.24, 2.45) is 0 Å². The van der Waals surface area contributed by atoms with Crippen molar-refractivity contribution in [1.29, 1.82) is 0 Å². The summed E-state index contributed by atoms with van der Waals surface area (Å²) >= 11 is 1.09. The van der Waals surface area contributed by atoms with Crippen molar-refractivity contribution in [2.45, 2.75) is 28.5 Å². The lowest BCUT2D eigenvalue weighted by Crippen LogP contribution is -2.38. The van der Waals surface area contributed by atoms with Gasteiger partial charge in [0, 0.05) is 32.3 Å². The molecule has 1 saturated heterocycles. The van der Waals surface area contributed by atoms with Gasteiger partial charge in [-0.3, -0.25) is 0 Å². The highest BCUT2D eigenvalue weighted by molar-refractivity contribution is 7.99. The number of methoxy groups -OCH3 is 1. The van der Waals surface area contributed by atoms with Gasteiger partial charge in [0.25, 0.3) is 0 Å². The van der Waals surface area contributed by atoms with Crippen LogP contribution in [-0.2, 0) is 4.74 Å². The van der Waals surface area contributed by atoms with E-state index < -0.39 is 11.6 Å². The number of anilines is 1. The fourth-order valence-electron chi connectivity index (χ4n) is 3.13. The molecular formula is C18H22F2N4OS. The van der Waals surface area contributed by atoms with Crippen LogP contribution in [0.25, 0.3) is 0 Å². The van der Waals surface area contributed by atoms with E-state index in [1.165, 1.54) is 12.4 Å². The first-order valence-electron chi connectivity index (χ1n) is 8.35. The smallest absolute Gasteiger partial charge is 0.137 e. The number of aromatic nitrogens is 2. The van der Waals surface area contributed by atoms with Crippen molar-refractivity contribution in [1.82, 2.24) is 14.9 Å². The van der Waals surface area contributed by atoms with E-state index in [2.05, 4.69) is 19.8 Å². The molecule has 0 bridgehead atoms. The molecule has 8 heteroatoms. The number of benzene rings is 1. The second-order valence-corrected chi connectivity index (χ2v) is 7.62. The summed E-state index contributed by atoms with van der Waals surface area (Å²) in [6.07, 6.45) is 2.52. The molecular weight excluding hydrogens is 358 g/mol. The molecule has 0 N–H and O–H groups in total. The van der Waals surface area contributed by atoms with Crippen molar-refractivity contribution in [3.63, 3.8) is 0 Å². The lowest BCUT2D eigenvalue weighted by atomic mass is 10.2. The molecule has 2 atom stereocenters. The average Bonchev–Trinajstić information content (AvgIpc) is 3.01. The third-order valence-electron chi connectivity index (χ3n) is 4.31. The molecule has 2 aromatic rings. The van der Waals surface area contributed by atoms with Crippen LogP contribution in [0.2, 0.25) is 0 Å². The Balaban J connectivity index is 1.82. The van der Waals surface area contributed by atoms with Gasteiger partial charge >= 0.3 is 0 Å². The zero-order valence-electron chi connectivity index (χ0n) is 15.0. The molecule has 1 aromatic heterocycles. The van der Waals surface area contributed by atoms with Gasteiger partial charge in [-0.2, -0.15) is 0 Å². The zero-order valence-corrected chi connectivity index (χ0v) is 15.8. The summed E-state index contributed by atoms with van der Waals surface area (Å²) < 4.78 is 32.8. The highest BCUT2D eigenvalue weighted by atomic mass is 32.2. The average molecular weight is 380 g/mol. The van der Waals surface area contributed by atoms with Crippen LogP contribution < -0.4 is 4.90 Å². The Morgan fingerprint density at radius 3 is 2.81 bits per heavy atom. The zero-order chi connectivity index (χ0) is 18.7. The van der Waals surface area contributed by atoms with Crippen molar-refractivity contribution in [3.05, 3.63) is 42.2 Å². The van der Waals surface area contributed by atoms with Crippen molar-refractivity contribution >= 4 is 17.6 Å². The van der Waals surface area contributed by atoms with Crippen molar-refractivity contribution in [3.8, 4) is 0 Å². The summed E-state index contributed by atoms with van der Waals surface area (Å²) in [4.78, 5) is 13.1. The number of ether oxygens (including phenoxy) is 1. The SMILES string of the molecule is COC1CC(CN(C)C)N(c2cc(Sc3cc(F)ccc3F)ncn2)C1. The molecule has 0 amide bonds. The lowest BCUT2D eigenvalue weighted by molar-refractivity contribution is 0.117. The Labute approximate surface area is 156 Å². The monoisotopic (exact) mass is 380 g/mol. The molecule has 5 nitrogen and oxygen atoms in total. The van der Waals surface area contributed by atoms with Gasteiger partial charge in [-0.1, -0.05) is 11.8 Å². The Morgan fingerprint density at radius 1 is 1.27 bits per heavy atom.